The first-order chi connectivity index (χ1) is 9.07. The van der Waals surface area contributed by atoms with E-state index in [1.165, 1.54) is 0 Å². The Kier molecular flexibility index (Phi) is 4.10. The molecule has 0 aliphatic carbocycles. The third-order valence-corrected chi connectivity index (χ3v) is 4.08. The lowest BCUT2D eigenvalue weighted by Gasteiger charge is -2.31. The molecule has 1 aliphatic rings. The predicted molar refractivity (Wildman–Crippen MR) is 74.8 cm³/mol. The minimum Gasteiger partial charge on any atom is -0.508 e. The molecule has 0 aromatic heterocycles. The Morgan fingerprint density at radius 3 is 2.63 bits per heavy atom. The van der Waals surface area contributed by atoms with Crippen molar-refractivity contribution in [2.45, 2.75) is 26.3 Å². The number of amides is 1. The molecule has 0 saturated carbocycles. The fourth-order valence-corrected chi connectivity index (χ4v) is 2.73. The van der Waals surface area contributed by atoms with Crippen molar-refractivity contribution in [2.24, 2.45) is 5.41 Å². The van der Waals surface area contributed by atoms with E-state index in [0.29, 0.717) is 6.54 Å². The third kappa shape index (κ3) is 2.89. The molecular formula is C15H22N2O2. The fraction of sp³-hybridized carbons (Fsp3) is 0.533. The summed E-state index contributed by atoms with van der Waals surface area (Å²) in [6.45, 7) is 4.37. The van der Waals surface area contributed by atoms with Gasteiger partial charge in [0.15, 0.2) is 0 Å². The van der Waals surface area contributed by atoms with E-state index in [4.69, 9.17) is 0 Å². The Labute approximate surface area is 114 Å². The molecule has 0 bridgehead atoms. The van der Waals surface area contributed by atoms with Crippen LogP contribution in [0.2, 0.25) is 0 Å². The highest BCUT2D eigenvalue weighted by Crippen LogP contribution is 2.31. The molecule has 1 aromatic rings. The molecule has 104 valence electrons. The van der Waals surface area contributed by atoms with Crippen molar-refractivity contribution in [2.75, 3.05) is 20.1 Å². The number of hydrogen-bond donors (Lipinski definition) is 2. The van der Waals surface area contributed by atoms with Crippen LogP contribution in [0.1, 0.15) is 25.3 Å². The zero-order chi connectivity index (χ0) is 13.9. The normalized spacial score (nSPS) is 22.4. The van der Waals surface area contributed by atoms with Gasteiger partial charge >= 0.3 is 0 Å². The highest BCUT2D eigenvalue weighted by Gasteiger charge is 2.41. The number of nitrogens with zero attached hydrogens (tertiary/aromatic N) is 1. The molecule has 1 unspecified atom stereocenters. The number of benzene rings is 1. The molecule has 1 amide bonds. The van der Waals surface area contributed by atoms with Crippen LogP contribution in [0.4, 0.5) is 0 Å². The van der Waals surface area contributed by atoms with Gasteiger partial charge in [0.1, 0.15) is 5.75 Å². The van der Waals surface area contributed by atoms with Crippen LogP contribution in [-0.4, -0.2) is 36.1 Å². The summed E-state index contributed by atoms with van der Waals surface area (Å²) in [7, 11) is 1.85. The van der Waals surface area contributed by atoms with Crippen molar-refractivity contribution in [3.05, 3.63) is 29.8 Å². The fourth-order valence-electron chi connectivity index (χ4n) is 2.73. The van der Waals surface area contributed by atoms with Crippen molar-refractivity contribution < 1.29 is 9.90 Å². The summed E-state index contributed by atoms with van der Waals surface area (Å²) in [6, 6.07) is 7.01. The Morgan fingerprint density at radius 1 is 1.42 bits per heavy atom. The van der Waals surface area contributed by atoms with Crippen molar-refractivity contribution in [3.8, 4) is 5.75 Å². The lowest BCUT2D eigenvalue weighted by Crippen LogP contribution is -2.42. The van der Waals surface area contributed by atoms with E-state index >= 15 is 0 Å². The molecule has 4 nitrogen and oxygen atoms in total. The number of rotatable bonds is 4. The molecule has 1 fully saturated rings. The standard InChI is InChI=1S/C15H22N2O2/c1-3-15(8-9-16-11-15)14(19)17(2)10-12-4-6-13(18)7-5-12/h4-7,16,18H,3,8-11H2,1-2H3. The summed E-state index contributed by atoms with van der Waals surface area (Å²) in [5, 5.41) is 12.6. The van der Waals surface area contributed by atoms with Gasteiger partial charge in [0, 0.05) is 20.1 Å². The van der Waals surface area contributed by atoms with Gasteiger partial charge in [-0.3, -0.25) is 4.79 Å². The van der Waals surface area contributed by atoms with Crippen LogP contribution in [0, 0.1) is 5.41 Å². The first-order valence-electron chi connectivity index (χ1n) is 6.81. The molecule has 4 heteroatoms. The summed E-state index contributed by atoms with van der Waals surface area (Å²) in [6.07, 6.45) is 1.79. The quantitative estimate of drug-likeness (QED) is 0.869. The van der Waals surface area contributed by atoms with Crippen molar-refractivity contribution in [3.63, 3.8) is 0 Å². The number of nitrogens with one attached hydrogen (secondary N) is 1. The van der Waals surface area contributed by atoms with Gasteiger partial charge in [-0.25, -0.2) is 0 Å². The molecule has 1 aliphatic heterocycles. The van der Waals surface area contributed by atoms with Gasteiger partial charge in [-0.05, 0) is 37.1 Å². The number of carbonyl (C=O) groups is 1. The van der Waals surface area contributed by atoms with Crippen molar-refractivity contribution in [1.82, 2.24) is 10.2 Å². The first-order valence-corrected chi connectivity index (χ1v) is 6.81. The molecule has 1 heterocycles. The maximum Gasteiger partial charge on any atom is 0.230 e. The molecule has 1 atom stereocenters. The zero-order valence-electron chi connectivity index (χ0n) is 11.6. The van der Waals surface area contributed by atoms with E-state index < -0.39 is 0 Å². The second kappa shape index (κ2) is 5.61. The number of phenols is 1. The van der Waals surface area contributed by atoms with Gasteiger partial charge in [0.25, 0.3) is 0 Å². The number of aromatic hydroxyl groups is 1. The van der Waals surface area contributed by atoms with Crippen molar-refractivity contribution >= 4 is 5.91 Å². The molecular weight excluding hydrogens is 240 g/mol. The summed E-state index contributed by atoms with van der Waals surface area (Å²) in [5.41, 5.74) is 0.803. The minimum absolute atomic E-state index is 0.216. The number of phenolic OH excluding ortho intramolecular Hbond substituents is 1. The highest BCUT2D eigenvalue weighted by molar-refractivity contribution is 5.83. The monoisotopic (exact) mass is 262 g/mol. The minimum atomic E-state index is -0.230. The Hall–Kier alpha value is -1.55. The smallest absolute Gasteiger partial charge is 0.230 e. The van der Waals surface area contributed by atoms with E-state index in [2.05, 4.69) is 12.2 Å². The summed E-state index contributed by atoms with van der Waals surface area (Å²) < 4.78 is 0. The predicted octanol–water partition coefficient (Wildman–Crippen LogP) is 1.74. The van der Waals surface area contributed by atoms with Crippen LogP contribution in [0.5, 0.6) is 5.75 Å². The molecule has 19 heavy (non-hydrogen) atoms. The van der Waals surface area contributed by atoms with Crippen LogP contribution in [0.3, 0.4) is 0 Å². The van der Waals surface area contributed by atoms with E-state index in [1.807, 2.05) is 19.2 Å². The van der Waals surface area contributed by atoms with Crippen LogP contribution >= 0.6 is 0 Å². The lowest BCUT2D eigenvalue weighted by molar-refractivity contribution is -0.140. The summed E-state index contributed by atoms with van der Waals surface area (Å²) in [4.78, 5) is 14.4. The molecule has 1 aromatic carbocycles. The maximum absolute atomic E-state index is 12.6. The molecule has 1 saturated heterocycles. The first kappa shape index (κ1) is 13.9. The van der Waals surface area contributed by atoms with Gasteiger partial charge < -0.3 is 15.3 Å². The van der Waals surface area contributed by atoms with Crippen LogP contribution in [0.15, 0.2) is 24.3 Å². The average Bonchev–Trinajstić information content (AvgIpc) is 2.90. The van der Waals surface area contributed by atoms with Crippen LogP contribution in [0.25, 0.3) is 0 Å². The Morgan fingerprint density at radius 2 is 2.11 bits per heavy atom. The number of hydrogen-bond acceptors (Lipinski definition) is 3. The number of carbonyl (C=O) groups excluding carboxylic acids is 1. The van der Waals surface area contributed by atoms with Crippen LogP contribution in [-0.2, 0) is 11.3 Å². The molecule has 0 radical (unpaired) electrons. The molecule has 2 rings (SSSR count). The van der Waals surface area contributed by atoms with Crippen LogP contribution < -0.4 is 5.32 Å². The topological polar surface area (TPSA) is 52.6 Å². The maximum atomic E-state index is 12.6. The van der Waals surface area contributed by atoms with E-state index in [0.717, 1.165) is 31.5 Å². The second-order valence-corrected chi connectivity index (χ2v) is 5.39. The molecule has 2 N–H and O–H groups in total. The largest absolute Gasteiger partial charge is 0.508 e. The summed E-state index contributed by atoms with van der Waals surface area (Å²) in [5.74, 6) is 0.468. The Bertz CT molecular complexity index is 436. The van der Waals surface area contributed by atoms with Crippen molar-refractivity contribution in [1.29, 1.82) is 0 Å². The van der Waals surface area contributed by atoms with Gasteiger partial charge in [-0.15, -0.1) is 0 Å². The molecule has 0 spiro atoms. The van der Waals surface area contributed by atoms with Gasteiger partial charge in [0.2, 0.25) is 5.91 Å². The lowest BCUT2D eigenvalue weighted by atomic mass is 9.83. The second-order valence-electron chi connectivity index (χ2n) is 5.39. The van der Waals surface area contributed by atoms with E-state index in [9.17, 15) is 9.90 Å². The van der Waals surface area contributed by atoms with E-state index in [1.54, 1.807) is 17.0 Å². The van der Waals surface area contributed by atoms with Gasteiger partial charge in [-0.2, -0.15) is 0 Å². The van der Waals surface area contributed by atoms with Gasteiger partial charge in [0.05, 0.1) is 5.41 Å². The van der Waals surface area contributed by atoms with Gasteiger partial charge in [-0.1, -0.05) is 19.1 Å². The zero-order valence-corrected chi connectivity index (χ0v) is 11.6. The third-order valence-electron chi connectivity index (χ3n) is 4.08. The summed E-state index contributed by atoms with van der Waals surface area (Å²) >= 11 is 0. The van der Waals surface area contributed by atoms with E-state index in [-0.39, 0.29) is 17.1 Å². The Balaban J connectivity index is 2.04. The SMILES string of the molecule is CCC1(C(=O)N(C)Cc2ccc(O)cc2)CCNC1. The average molecular weight is 262 g/mol. The highest BCUT2D eigenvalue weighted by atomic mass is 16.3.